The molecule has 3 saturated carbocycles. The van der Waals surface area contributed by atoms with E-state index in [1.807, 2.05) is 24.3 Å². The van der Waals surface area contributed by atoms with Gasteiger partial charge in [-0.15, -0.1) is 39.5 Å². The van der Waals surface area contributed by atoms with Crippen molar-refractivity contribution in [3.05, 3.63) is 75.9 Å². The van der Waals surface area contributed by atoms with Crippen molar-refractivity contribution in [1.82, 2.24) is 0 Å². The van der Waals surface area contributed by atoms with Crippen molar-refractivity contribution in [2.24, 2.45) is 46.3 Å². The Bertz CT molecular complexity index is 614. The minimum atomic E-state index is -0.418. The van der Waals surface area contributed by atoms with Crippen molar-refractivity contribution in [2.45, 2.75) is 25.7 Å². The van der Waals surface area contributed by atoms with E-state index in [1.54, 1.807) is 0 Å². The number of rotatable bonds is 8. The Hall–Kier alpha value is -1.89. The predicted molar refractivity (Wildman–Crippen MR) is 110 cm³/mol. The van der Waals surface area contributed by atoms with Gasteiger partial charge in [-0.25, -0.2) is 0 Å². The first-order valence-electron chi connectivity index (χ1n) is 9.80. The molecule has 138 valence electrons. The van der Waals surface area contributed by atoms with Crippen LogP contribution in [0.25, 0.3) is 0 Å². The highest BCUT2D eigenvalue weighted by Gasteiger charge is 2.76. The lowest BCUT2D eigenvalue weighted by Crippen LogP contribution is -2.42. The number of hydrogen-bond acceptors (Lipinski definition) is 1. The highest BCUT2D eigenvalue weighted by molar-refractivity contribution is 5.96. The van der Waals surface area contributed by atoms with Crippen LogP contribution in [0.15, 0.2) is 75.9 Å². The number of carbonyl (C=O) groups is 1. The summed E-state index contributed by atoms with van der Waals surface area (Å²) in [4.78, 5) is 14.3. The van der Waals surface area contributed by atoms with Crippen LogP contribution in [0, 0.1) is 46.3 Å². The normalized spacial score (nSPS) is 46.2. The summed E-state index contributed by atoms with van der Waals surface area (Å²) in [7, 11) is 0. The van der Waals surface area contributed by atoms with Gasteiger partial charge in [0.1, 0.15) is 5.78 Å². The summed E-state index contributed by atoms with van der Waals surface area (Å²) >= 11 is 0. The lowest BCUT2D eigenvalue weighted by Gasteiger charge is -2.37. The topological polar surface area (TPSA) is 17.1 Å². The van der Waals surface area contributed by atoms with Crippen LogP contribution in [0.5, 0.6) is 0 Å². The van der Waals surface area contributed by atoms with Gasteiger partial charge in [-0.1, -0.05) is 36.5 Å². The fourth-order valence-electron chi connectivity index (χ4n) is 7.14. The fourth-order valence-corrected chi connectivity index (χ4v) is 7.14. The van der Waals surface area contributed by atoms with Gasteiger partial charge < -0.3 is 0 Å². The molecule has 0 heterocycles. The monoisotopic (exact) mass is 348 g/mol. The number of ketones is 1. The zero-order chi connectivity index (χ0) is 19.1. The highest BCUT2D eigenvalue weighted by Crippen LogP contribution is 2.75. The maximum atomic E-state index is 14.3. The van der Waals surface area contributed by atoms with E-state index in [2.05, 4.69) is 51.6 Å². The van der Waals surface area contributed by atoms with E-state index in [4.69, 9.17) is 0 Å². The summed E-state index contributed by atoms with van der Waals surface area (Å²) < 4.78 is 0. The molecule has 8 atom stereocenters. The van der Waals surface area contributed by atoms with Crippen LogP contribution in [-0.4, -0.2) is 5.78 Å². The van der Waals surface area contributed by atoms with Crippen LogP contribution in [0.3, 0.4) is 0 Å². The van der Waals surface area contributed by atoms with Gasteiger partial charge in [0, 0.05) is 10.8 Å². The maximum Gasteiger partial charge on any atom is 0.147 e. The molecule has 0 saturated heterocycles. The van der Waals surface area contributed by atoms with Gasteiger partial charge in [0.25, 0.3) is 0 Å². The van der Waals surface area contributed by atoms with Gasteiger partial charge in [-0.05, 0) is 61.2 Å². The molecule has 0 unspecified atom stereocenters. The molecule has 0 aromatic heterocycles. The fraction of sp³-hybridized carbons (Fsp3) is 0.480. The van der Waals surface area contributed by atoms with Gasteiger partial charge >= 0.3 is 0 Å². The first kappa shape index (κ1) is 18.9. The van der Waals surface area contributed by atoms with E-state index in [0.29, 0.717) is 30.5 Å². The molecule has 0 spiro atoms. The number of Topliss-reactive ketones (excluding diaryl/α,β-unsaturated/α-hetero) is 1. The lowest BCUT2D eigenvalue weighted by molar-refractivity contribution is -0.137. The van der Waals surface area contributed by atoms with Crippen LogP contribution in [-0.2, 0) is 4.79 Å². The Balaban J connectivity index is 2.30. The third kappa shape index (κ3) is 2.00. The third-order valence-corrected chi connectivity index (χ3v) is 7.86. The Morgan fingerprint density at radius 2 is 1.12 bits per heavy atom. The number of hydrogen-bond donors (Lipinski definition) is 0. The molecule has 0 aromatic carbocycles. The molecule has 0 aliphatic heterocycles. The highest BCUT2D eigenvalue weighted by atomic mass is 16.1. The van der Waals surface area contributed by atoms with Gasteiger partial charge in [-0.2, -0.15) is 0 Å². The van der Waals surface area contributed by atoms with Crippen molar-refractivity contribution in [3.63, 3.8) is 0 Å². The lowest BCUT2D eigenvalue weighted by atomic mass is 9.64. The predicted octanol–water partition coefficient (Wildman–Crippen LogP) is 5.94. The molecule has 3 fully saturated rings. The van der Waals surface area contributed by atoms with E-state index in [0.717, 1.165) is 12.8 Å². The first-order chi connectivity index (χ1) is 12.5. The SMILES string of the molecule is C=CC[C@]12C(=O)[C@@]3(CC=C)[C@@H]([C@H]1[C@@H](C=C)C[C@H]2C=C)[C@H](C=C)C[C@@H]3C=C. The first-order valence-corrected chi connectivity index (χ1v) is 9.80. The minimum absolute atomic E-state index is 0.171. The van der Waals surface area contributed by atoms with Crippen molar-refractivity contribution in [1.29, 1.82) is 0 Å². The van der Waals surface area contributed by atoms with Crippen LogP contribution >= 0.6 is 0 Å². The summed E-state index contributed by atoms with van der Waals surface area (Å²) in [6, 6.07) is 0. The second kappa shape index (κ2) is 6.68. The molecule has 26 heavy (non-hydrogen) atoms. The van der Waals surface area contributed by atoms with Gasteiger partial charge in [0.05, 0.1) is 0 Å². The Morgan fingerprint density at radius 1 is 0.731 bits per heavy atom. The van der Waals surface area contributed by atoms with Gasteiger partial charge in [0.2, 0.25) is 0 Å². The molecule has 0 bridgehead atoms. The largest absolute Gasteiger partial charge is 0.298 e. The maximum absolute atomic E-state index is 14.3. The molecule has 3 aliphatic rings. The Morgan fingerprint density at radius 3 is 1.38 bits per heavy atom. The molecule has 0 amide bonds. The van der Waals surface area contributed by atoms with E-state index in [9.17, 15) is 4.79 Å². The summed E-state index contributed by atoms with van der Waals surface area (Å²) in [5.41, 5.74) is -0.835. The second-order valence-electron chi connectivity index (χ2n) is 8.40. The third-order valence-electron chi connectivity index (χ3n) is 7.86. The van der Waals surface area contributed by atoms with E-state index in [1.165, 1.54) is 0 Å². The average Bonchev–Trinajstić information content (AvgIpc) is 3.20. The van der Waals surface area contributed by atoms with Gasteiger partial charge in [-0.3, -0.25) is 4.79 Å². The summed E-state index contributed by atoms with van der Waals surface area (Å²) in [6.45, 7) is 24.4. The molecule has 1 heteroatoms. The molecular formula is C25H32O. The number of fused-ring (bicyclic) bond motifs is 3. The average molecular weight is 349 g/mol. The van der Waals surface area contributed by atoms with Crippen LogP contribution in [0.4, 0.5) is 0 Å². The van der Waals surface area contributed by atoms with E-state index < -0.39 is 10.8 Å². The van der Waals surface area contributed by atoms with Crippen molar-refractivity contribution >= 4 is 5.78 Å². The van der Waals surface area contributed by atoms with Gasteiger partial charge in [0.15, 0.2) is 0 Å². The molecule has 0 aromatic rings. The molecule has 0 N–H and O–H groups in total. The van der Waals surface area contributed by atoms with Crippen molar-refractivity contribution in [3.8, 4) is 0 Å². The smallest absolute Gasteiger partial charge is 0.147 e. The zero-order valence-electron chi connectivity index (χ0n) is 15.9. The van der Waals surface area contributed by atoms with Crippen LogP contribution < -0.4 is 0 Å². The summed E-state index contributed by atoms with van der Waals surface area (Å²) in [5.74, 6) is 1.91. The van der Waals surface area contributed by atoms with E-state index in [-0.39, 0.29) is 23.7 Å². The van der Waals surface area contributed by atoms with Crippen molar-refractivity contribution in [2.75, 3.05) is 0 Å². The number of carbonyl (C=O) groups excluding carboxylic acids is 1. The van der Waals surface area contributed by atoms with Crippen LogP contribution in [0.2, 0.25) is 0 Å². The number of allylic oxidation sites excluding steroid dienone is 6. The molecule has 0 radical (unpaired) electrons. The Kier molecular flexibility index (Phi) is 4.86. The second-order valence-corrected chi connectivity index (χ2v) is 8.40. The molecule has 3 aliphatic carbocycles. The quantitative estimate of drug-likeness (QED) is 0.496. The van der Waals surface area contributed by atoms with E-state index >= 15 is 0 Å². The Labute approximate surface area is 159 Å². The zero-order valence-corrected chi connectivity index (χ0v) is 15.9. The van der Waals surface area contributed by atoms with Crippen LogP contribution in [0.1, 0.15) is 25.7 Å². The summed E-state index contributed by atoms with van der Waals surface area (Å²) in [6.07, 6.45) is 15.4. The minimum Gasteiger partial charge on any atom is -0.298 e. The summed E-state index contributed by atoms with van der Waals surface area (Å²) in [5, 5.41) is 0. The molecular weight excluding hydrogens is 316 g/mol. The standard InChI is InChI=1S/C25H32O/c1-7-13-24-19(11-5)15-17(9-3)21(24)22-18(10-4)16-20(12-6)25(22,14-8-2)23(24)26/h7-12,17-22H,1-6,13-16H2/t17-,18+,19+,20-,21-,22-,24-,25-/m1/s1. The molecule has 1 nitrogen and oxygen atoms in total. The van der Waals surface area contributed by atoms with Crippen molar-refractivity contribution < 1.29 is 4.79 Å². The molecule has 3 rings (SSSR count).